The van der Waals surface area contributed by atoms with Crippen LogP contribution in [0.15, 0.2) is 41.5 Å². The SMILES string of the molecule is COc1cc(/C=N/NC(=S)Nc2cccc(Cl)c2C)ccc1OCC(=O)N1CCOCC1. The van der Waals surface area contributed by atoms with Gasteiger partial charge in [0.1, 0.15) is 0 Å². The van der Waals surface area contributed by atoms with Crippen LogP contribution in [0, 0.1) is 6.92 Å². The number of hydrogen-bond donors (Lipinski definition) is 2. The van der Waals surface area contributed by atoms with Crippen LogP contribution < -0.4 is 20.2 Å². The number of carbonyl (C=O) groups excluding carboxylic acids is 1. The molecule has 1 amide bonds. The molecule has 0 aliphatic carbocycles. The molecule has 170 valence electrons. The molecule has 32 heavy (non-hydrogen) atoms. The summed E-state index contributed by atoms with van der Waals surface area (Å²) in [6, 6.07) is 10.8. The Hall–Kier alpha value is -2.88. The number of methoxy groups -OCH3 is 1. The monoisotopic (exact) mass is 476 g/mol. The molecule has 1 heterocycles. The second-order valence-electron chi connectivity index (χ2n) is 6.93. The number of hydrazone groups is 1. The molecule has 1 saturated heterocycles. The van der Waals surface area contributed by atoms with Gasteiger partial charge >= 0.3 is 0 Å². The summed E-state index contributed by atoms with van der Waals surface area (Å²) in [6.07, 6.45) is 1.60. The maximum atomic E-state index is 12.3. The Kier molecular flexibility index (Phi) is 8.66. The first-order chi connectivity index (χ1) is 15.5. The first-order valence-electron chi connectivity index (χ1n) is 9.99. The number of benzene rings is 2. The zero-order chi connectivity index (χ0) is 22.9. The second-order valence-corrected chi connectivity index (χ2v) is 7.74. The second kappa shape index (κ2) is 11.7. The maximum Gasteiger partial charge on any atom is 0.260 e. The van der Waals surface area contributed by atoms with Gasteiger partial charge < -0.3 is 24.4 Å². The molecule has 0 radical (unpaired) electrons. The molecule has 1 aliphatic heterocycles. The Balaban J connectivity index is 1.54. The smallest absolute Gasteiger partial charge is 0.260 e. The first-order valence-corrected chi connectivity index (χ1v) is 10.8. The highest BCUT2D eigenvalue weighted by Crippen LogP contribution is 2.27. The average Bonchev–Trinajstić information content (AvgIpc) is 2.81. The lowest BCUT2D eigenvalue weighted by molar-refractivity contribution is -0.137. The minimum absolute atomic E-state index is 0.0613. The zero-order valence-electron chi connectivity index (χ0n) is 17.9. The highest BCUT2D eigenvalue weighted by Gasteiger charge is 2.18. The summed E-state index contributed by atoms with van der Waals surface area (Å²) in [7, 11) is 1.54. The van der Waals surface area contributed by atoms with Crippen LogP contribution in [-0.4, -0.2) is 62.2 Å². The van der Waals surface area contributed by atoms with E-state index in [9.17, 15) is 4.79 Å². The third-order valence-corrected chi connectivity index (χ3v) is 5.40. The van der Waals surface area contributed by atoms with Gasteiger partial charge in [-0.3, -0.25) is 10.2 Å². The van der Waals surface area contributed by atoms with Crippen molar-refractivity contribution in [1.29, 1.82) is 0 Å². The molecule has 0 bridgehead atoms. The highest BCUT2D eigenvalue weighted by atomic mass is 35.5. The van der Waals surface area contributed by atoms with Crippen molar-refractivity contribution in [3.63, 3.8) is 0 Å². The van der Waals surface area contributed by atoms with Gasteiger partial charge in [-0.15, -0.1) is 0 Å². The van der Waals surface area contributed by atoms with Gasteiger partial charge in [-0.1, -0.05) is 17.7 Å². The van der Waals surface area contributed by atoms with E-state index < -0.39 is 0 Å². The predicted molar refractivity (Wildman–Crippen MR) is 129 cm³/mol. The molecule has 0 unspecified atom stereocenters. The van der Waals surface area contributed by atoms with E-state index in [1.807, 2.05) is 25.1 Å². The lowest BCUT2D eigenvalue weighted by Gasteiger charge is -2.26. The molecular formula is C22H25ClN4O4S. The molecule has 0 aromatic heterocycles. The van der Waals surface area contributed by atoms with Gasteiger partial charge in [0.25, 0.3) is 5.91 Å². The van der Waals surface area contributed by atoms with Gasteiger partial charge in [0.05, 0.1) is 26.5 Å². The van der Waals surface area contributed by atoms with Crippen LogP contribution in [0.2, 0.25) is 5.02 Å². The average molecular weight is 477 g/mol. The number of hydrogen-bond acceptors (Lipinski definition) is 6. The zero-order valence-corrected chi connectivity index (χ0v) is 19.5. The van der Waals surface area contributed by atoms with E-state index in [0.29, 0.717) is 47.9 Å². The molecule has 1 fully saturated rings. The van der Waals surface area contributed by atoms with Crippen molar-refractivity contribution < 1.29 is 19.0 Å². The van der Waals surface area contributed by atoms with E-state index in [-0.39, 0.29) is 12.5 Å². The topological polar surface area (TPSA) is 84.4 Å². The normalized spacial score (nSPS) is 13.7. The van der Waals surface area contributed by atoms with Crippen molar-refractivity contribution in [1.82, 2.24) is 10.3 Å². The van der Waals surface area contributed by atoms with E-state index in [0.717, 1.165) is 16.8 Å². The van der Waals surface area contributed by atoms with Gasteiger partial charge in [-0.25, -0.2) is 0 Å². The van der Waals surface area contributed by atoms with Crippen molar-refractivity contribution in [3.05, 3.63) is 52.5 Å². The molecular weight excluding hydrogens is 452 g/mol. The maximum absolute atomic E-state index is 12.3. The fraction of sp³-hybridized carbons (Fsp3) is 0.318. The summed E-state index contributed by atoms with van der Waals surface area (Å²) in [4.78, 5) is 14.0. The first kappa shape index (κ1) is 23.8. The van der Waals surface area contributed by atoms with Gasteiger partial charge in [0.2, 0.25) is 0 Å². The van der Waals surface area contributed by atoms with Crippen molar-refractivity contribution >= 4 is 46.7 Å². The summed E-state index contributed by atoms with van der Waals surface area (Å²) < 4.78 is 16.3. The molecule has 2 N–H and O–H groups in total. The number of amides is 1. The van der Waals surface area contributed by atoms with E-state index in [2.05, 4.69) is 15.8 Å². The number of thiocarbonyl (C=S) groups is 1. The Bertz CT molecular complexity index is 996. The molecule has 0 atom stereocenters. The number of morpholine rings is 1. The van der Waals surface area contributed by atoms with E-state index in [1.165, 1.54) is 7.11 Å². The van der Waals surface area contributed by atoms with E-state index in [1.54, 1.807) is 29.3 Å². The summed E-state index contributed by atoms with van der Waals surface area (Å²) in [6.45, 7) is 4.10. The van der Waals surface area contributed by atoms with Crippen LogP contribution in [0.4, 0.5) is 5.69 Å². The number of rotatable bonds is 7. The molecule has 0 saturated carbocycles. The fourth-order valence-electron chi connectivity index (χ4n) is 2.99. The molecule has 10 heteroatoms. The number of anilines is 1. The highest BCUT2D eigenvalue weighted by molar-refractivity contribution is 7.80. The number of halogens is 1. The third kappa shape index (κ3) is 6.56. The lowest BCUT2D eigenvalue weighted by atomic mass is 10.2. The van der Waals surface area contributed by atoms with Crippen molar-refractivity contribution in [2.24, 2.45) is 5.10 Å². The minimum Gasteiger partial charge on any atom is -0.493 e. The van der Waals surface area contributed by atoms with Crippen LogP contribution in [0.5, 0.6) is 11.5 Å². The Morgan fingerprint density at radius 3 is 2.81 bits per heavy atom. The summed E-state index contributed by atoms with van der Waals surface area (Å²) in [5.41, 5.74) is 5.24. The largest absolute Gasteiger partial charge is 0.493 e. The Morgan fingerprint density at radius 2 is 2.06 bits per heavy atom. The van der Waals surface area contributed by atoms with Gasteiger partial charge in [0, 0.05) is 23.8 Å². The molecule has 0 spiro atoms. The van der Waals surface area contributed by atoms with E-state index >= 15 is 0 Å². The molecule has 2 aromatic rings. The number of nitrogens with one attached hydrogen (secondary N) is 2. The fourth-order valence-corrected chi connectivity index (χ4v) is 3.32. The molecule has 1 aliphatic rings. The van der Waals surface area contributed by atoms with Crippen LogP contribution >= 0.6 is 23.8 Å². The summed E-state index contributed by atoms with van der Waals surface area (Å²) in [5.74, 6) is 0.896. The third-order valence-electron chi connectivity index (χ3n) is 4.80. The minimum atomic E-state index is -0.0823. The Morgan fingerprint density at radius 1 is 1.28 bits per heavy atom. The standard InChI is InChI=1S/C22H25ClN4O4S/c1-15-17(23)4-3-5-18(15)25-22(32)26-24-13-16-6-7-19(20(12-16)29-2)31-14-21(28)27-8-10-30-11-9-27/h3-7,12-13H,8-11,14H2,1-2H3,(H2,25,26,32)/b24-13+. The summed E-state index contributed by atoms with van der Waals surface area (Å²) in [5, 5.41) is 8.19. The molecule has 3 rings (SSSR count). The van der Waals surface area contributed by atoms with Crippen molar-refractivity contribution in [3.8, 4) is 11.5 Å². The van der Waals surface area contributed by atoms with Crippen LogP contribution in [-0.2, 0) is 9.53 Å². The Labute approximate surface area is 197 Å². The van der Waals surface area contributed by atoms with Gasteiger partial charge in [0.15, 0.2) is 23.2 Å². The molecule has 8 nitrogen and oxygen atoms in total. The number of nitrogens with zero attached hydrogens (tertiary/aromatic N) is 2. The molecule has 2 aromatic carbocycles. The lowest BCUT2D eigenvalue weighted by Crippen LogP contribution is -2.43. The quantitative estimate of drug-likeness (QED) is 0.360. The van der Waals surface area contributed by atoms with Crippen LogP contribution in [0.3, 0.4) is 0 Å². The van der Waals surface area contributed by atoms with Crippen LogP contribution in [0.1, 0.15) is 11.1 Å². The number of ether oxygens (including phenoxy) is 3. The van der Waals surface area contributed by atoms with Crippen molar-refractivity contribution in [2.75, 3.05) is 45.3 Å². The van der Waals surface area contributed by atoms with Gasteiger partial charge in [-0.05, 0) is 60.6 Å². The van der Waals surface area contributed by atoms with E-state index in [4.69, 9.17) is 38.0 Å². The van der Waals surface area contributed by atoms with Gasteiger partial charge in [-0.2, -0.15) is 5.10 Å². The van der Waals surface area contributed by atoms with Crippen LogP contribution in [0.25, 0.3) is 0 Å². The van der Waals surface area contributed by atoms with Crippen molar-refractivity contribution in [2.45, 2.75) is 6.92 Å². The predicted octanol–water partition coefficient (Wildman–Crippen LogP) is 3.22. The summed E-state index contributed by atoms with van der Waals surface area (Å²) >= 11 is 11.4. The number of carbonyl (C=O) groups is 1.